The van der Waals surface area contributed by atoms with Crippen molar-refractivity contribution in [3.8, 4) is 0 Å². The molecule has 1 fully saturated rings. The molecular weight excluding hydrogens is 212 g/mol. The fourth-order valence-corrected chi connectivity index (χ4v) is 2.65. The Bertz CT molecular complexity index is 369. The molecule has 2 N–H and O–H groups in total. The van der Waals surface area contributed by atoms with E-state index in [0.29, 0.717) is 18.1 Å². The van der Waals surface area contributed by atoms with Crippen LogP contribution in [0.5, 0.6) is 0 Å². The van der Waals surface area contributed by atoms with Gasteiger partial charge in [-0.3, -0.25) is 9.58 Å². The van der Waals surface area contributed by atoms with Gasteiger partial charge in [0.05, 0.1) is 12.2 Å². The number of hydrogen-bond acceptors (Lipinski definition) is 3. The lowest BCUT2D eigenvalue weighted by atomic mass is 10.0. The van der Waals surface area contributed by atoms with E-state index in [1.165, 1.54) is 5.56 Å². The van der Waals surface area contributed by atoms with Crippen molar-refractivity contribution in [2.24, 2.45) is 5.73 Å². The highest BCUT2D eigenvalue weighted by Crippen LogP contribution is 2.32. The lowest BCUT2D eigenvalue weighted by Gasteiger charge is -2.29. The predicted octanol–water partition coefficient (Wildman–Crippen LogP) is 1.95. The quantitative estimate of drug-likeness (QED) is 0.872. The van der Waals surface area contributed by atoms with E-state index >= 15 is 0 Å². The predicted molar refractivity (Wildman–Crippen MR) is 69.8 cm³/mol. The van der Waals surface area contributed by atoms with Crippen LogP contribution in [0, 0.1) is 0 Å². The molecule has 1 aliphatic rings. The summed E-state index contributed by atoms with van der Waals surface area (Å²) in [6.07, 6.45) is 5.21. The molecule has 2 rings (SSSR count). The van der Waals surface area contributed by atoms with Crippen molar-refractivity contribution < 1.29 is 0 Å². The minimum Gasteiger partial charge on any atom is -0.326 e. The summed E-state index contributed by atoms with van der Waals surface area (Å²) in [5.41, 5.74) is 7.51. The van der Waals surface area contributed by atoms with Crippen molar-refractivity contribution >= 4 is 0 Å². The Labute approximate surface area is 104 Å². The number of nitrogens with two attached hydrogens (primary N) is 1. The molecule has 17 heavy (non-hydrogen) atoms. The zero-order chi connectivity index (χ0) is 12.6. The van der Waals surface area contributed by atoms with Gasteiger partial charge in [-0.15, -0.1) is 0 Å². The maximum absolute atomic E-state index is 6.25. The van der Waals surface area contributed by atoms with Gasteiger partial charge in [-0.05, 0) is 34.1 Å². The third-order valence-electron chi connectivity index (χ3n) is 3.64. The van der Waals surface area contributed by atoms with Crippen molar-refractivity contribution in [2.75, 3.05) is 6.54 Å². The third-order valence-corrected chi connectivity index (χ3v) is 3.64. The van der Waals surface area contributed by atoms with Gasteiger partial charge in [0.15, 0.2) is 0 Å². The highest BCUT2D eigenvalue weighted by atomic mass is 15.3. The summed E-state index contributed by atoms with van der Waals surface area (Å²) < 4.78 is 2.01. The van der Waals surface area contributed by atoms with E-state index in [-0.39, 0.29) is 6.04 Å². The van der Waals surface area contributed by atoms with Gasteiger partial charge in [0.25, 0.3) is 0 Å². The van der Waals surface area contributed by atoms with Crippen LogP contribution in [0.3, 0.4) is 0 Å². The van der Waals surface area contributed by atoms with E-state index in [9.17, 15) is 0 Å². The van der Waals surface area contributed by atoms with E-state index < -0.39 is 0 Å². The van der Waals surface area contributed by atoms with Crippen molar-refractivity contribution in [1.82, 2.24) is 14.7 Å². The molecule has 4 nitrogen and oxygen atoms in total. The van der Waals surface area contributed by atoms with Crippen molar-refractivity contribution in [2.45, 2.75) is 58.3 Å². The second kappa shape index (κ2) is 4.78. The van der Waals surface area contributed by atoms with Gasteiger partial charge in [-0.1, -0.05) is 0 Å². The molecular formula is C13H24N4. The second-order valence-corrected chi connectivity index (χ2v) is 5.58. The summed E-state index contributed by atoms with van der Waals surface area (Å²) in [4.78, 5) is 2.48. The van der Waals surface area contributed by atoms with Crippen LogP contribution in [0.1, 0.15) is 51.8 Å². The standard InChI is InChI=1S/C13H24N4/c1-9(2)16-6-5-12(14)13(16)11-7-15-17(8-11)10(3)4/h7-10,12-13H,5-6,14H2,1-4H3. The van der Waals surface area contributed by atoms with E-state index in [2.05, 4.69) is 43.9 Å². The summed E-state index contributed by atoms with van der Waals surface area (Å²) in [7, 11) is 0. The Hall–Kier alpha value is -0.870. The molecule has 0 bridgehead atoms. The molecule has 0 spiro atoms. The van der Waals surface area contributed by atoms with Crippen LogP contribution >= 0.6 is 0 Å². The Kier molecular flexibility index (Phi) is 3.54. The Morgan fingerprint density at radius 3 is 2.53 bits per heavy atom. The number of nitrogens with zero attached hydrogens (tertiary/aromatic N) is 3. The lowest BCUT2D eigenvalue weighted by Crippen LogP contribution is -2.35. The fourth-order valence-electron chi connectivity index (χ4n) is 2.65. The van der Waals surface area contributed by atoms with Gasteiger partial charge < -0.3 is 5.73 Å². The van der Waals surface area contributed by atoms with Gasteiger partial charge in [-0.2, -0.15) is 5.10 Å². The topological polar surface area (TPSA) is 47.1 Å². The molecule has 0 saturated carbocycles. The number of hydrogen-bond donors (Lipinski definition) is 1. The highest BCUT2D eigenvalue weighted by molar-refractivity contribution is 5.16. The van der Waals surface area contributed by atoms with Crippen LogP contribution in [0.15, 0.2) is 12.4 Å². The smallest absolute Gasteiger partial charge is 0.0538 e. The molecule has 1 aliphatic heterocycles. The summed E-state index contributed by atoms with van der Waals surface area (Å²) >= 11 is 0. The minimum absolute atomic E-state index is 0.238. The molecule has 2 heterocycles. The van der Waals surface area contributed by atoms with E-state index in [1.54, 1.807) is 0 Å². The summed E-state index contributed by atoms with van der Waals surface area (Å²) in [5.74, 6) is 0. The summed E-state index contributed by atoms with van der Waals surface area (Å²) in [6.45, 7) is 9.85. The van der Waals surface area contributed by atoms with Gasteiger partial charge in [-0.25, -0.2) is 0 Å². The van der Waals surface area contributed by atoms with Crippen LogP contribution < -0.4 is 5.73 Å². The first-order valence-corrected chi connectivity index (χ1v) is 6.56. The van der Waals surface area contributed by atoms with Gasteiger partial charge in [0, 0.05) is 36.4 Å². The summed E-state index contributed by atoms with van der Waals surface area (Å²) in [6, 6.07) is 1.52. The van der Waals surface area contributed by atoms with Crippen LogP contribution in [0.2, 0.25) is 0 Å². The first-order valence-electron chi connectivity index (χ1n) is 6.56. The molecule has 0 radical (unpaired) electrons. The molecule has 4 heteroatoms. The van der Waals surface area contributed by atoms with Crippen LogP contribution in [0.4, 0.5) is 0 Å². The SMILES string of the molecule is CC(C)N1CCC(N)C1c1cnn(C(C)C)c1. The number of aromatic nitrogens is 2. The zero-order valence-electron chi connectivity index (χ0n) is 11.3. The van der Waals surface area contributed by atoms with Crippen LogP contribution in [-0.2, 0) is 0 Å². The number of rotatable bonds is 3. The molecule has 1 aromatic rings. The first-order chi connectivity index (χ1) is 8.00. The Balaban J connectivity index is 2.23. The zero-order valence-corrected chi connectivity index (χ0v) is 11.3. The Morgan fingerprint density at radius 1 is 1.29 bits per heavy atom. The highest BCUT2D eigenvalue weighted by Gasteiger charge is 2.35. The third kappa shape index (κ3) is 2.38. The van der Waals surface area contributed by atoms with Crippen LogP contribution in [-0.4, -0.2) is 33.3 Å². The van der Waals surface area contributed by atoms with E-state index in [1.807, 2.05) is 10.9 Å². The molecule has 96 valence electrons. The van der Waals surface area contributed by atoms with E-state index in [0.717, 1.165) is 13.0 Å². The lowest BCUT2D eigenvalue weighted by molar-refractivity contribution is 0.198. The van der Waals surface area contributed by atoms with Gasteiger partial charge in [0.2, 0.25) is 0 Å². The Morgan fingerprint density at radius 2 is 2.00 bits per heavy atom. The normalized spacial score (nSPS) is 26.3. The number of likely N-dealkylation sites (tertiary alicyclic amines) is 1. The maximum atomic E-state index is 6.25. The fraction of sp³-hybridized carbons (Fsp3) is 0.769. The van der Waals surface area contributed by atoms with Crippen molar-refractivity contribution in [3.05, 3.63) is 18.0 Å². The molecule has 2 unspecified atom stereocenters. The molecule has 1 saturated heterocycles. The molecule has 0 aromatic carbocycles. The van der Waals surface area contributed by atoms with Crippen molar-refractivity contribution in [3.63, 3.8) is 0 Å². The van der Waals surface area contributed by atoms with Gasteiger partial charge in [0.1, 0.15) is 0 Å². The molecule has 2 atom stereocenters. The van der Waals surface area contributed by atoms with Crippen molar-refractivity contribution in [1.29, 1.82) is 0 Å². The molecule has 0 amide bonds. The minimum atomic E-state index is 0.238. The van der Waals surface area contributed by atoms with Crippen LogP contribution in [0.25, 0.3) is 0 Å². The van der Waals surface area contributed by atoms with E-state index in [4.69, 9.17) is 5.73 Å². The maximum Gasteiger partial charge on any atom is 0.0538 e. The average molecular weight is 236 g/mol. The monoisotopic (exact) mass is 236 g/mol. The van der Waals surface area contributed by atoms with Gasteiger partial charge >= 0.3 is 0 Å². The largest absolute Gasteiger partial charge is 0.326 e. The molecule has 0 aliphatic carbocycles. The first kappa shape index (κ1) is 12.6. The summed E-state index contributed by atoms with van der Waals surface area (Å²) in [5, 5.41) is 4.42. The average Bonchev–Trinajstić information content (AvgIpc) is 2.82. The second-order valence-electron chi connectivity index (χ2n) is 5.58. The molecule has 1 aromatic heterocycles.